The number of rotatable bonds is 7. The number of nitrogens with one attached hydrogen (secondary N) is 2. The van der Waals surface area contributed by atoms with Crippen molar-refractivity contribution in [2.75, 3.05) is 4.90 Å². The van der Waals surface area contributed by atoms with Crippen molar-refractivity contribution in [2.24, 2.45) is 5.92 Å². The van der Waals surface area contributed by atoms with E-state index in [2.05, 4.69) is 10.6 Å². The van der Waals surface area contributed by atoms with Crippen LogP contribution in [0.15, 0.2) is 66.0 Å². The first-order valence-electron chi connectivity index (χ1n) is 11.6. The summed E-state index contributed by atoms with van der Waals surface area (Å²) in [7, 11) is 0. The molecule has 2 unspecified atom stereocenters. The lowest BCUT2D eigenvalue weighted by Gasteiger charge is -2.27. The first kappa shape index (κ1) is 22.3. The molecular formula is C27H27N3O3S. The standard InChI is InChI=1S/C27H27N3O3S/c1-17-4-12-21(13-5-17)30-24(31)15-22(25(30)23-3-2-14-34-23)27(33)28-16-18-6-8-19(9-7-18)26(32)29-20-10-11-20/h2-9,12-14,20,22,25H,10-11,15-16H2,1H3,(H,28,33)(H,29,32). The van der Waals surface area contributed by atoms with Crippen molar-refractivity contribution in [1.82, 2.24) is 10.6 Å². The second-order valence-electron chi connectivity index (χ2n) is 9.03. The maximum Gasteiger partial charge on any atom is 0.251 e. The van der Waals surface area contributed by atoms with E-state index in [4.69, 9.17) is 0 Å². The van der Waals surface area contributed by atoms with Gasteiger partial charge < -0.3 is 15.5 Å². The Labute approximate surface area is 203 Å². The minimum atomic E-state index is -0.476. The molecule has 2 aromatic carbocycles. The van der Waals surface area contributed by atoms with Gasteiger partial charge in [0.15, 0.2) is 0 Å². The third kappa shape index (κ3) is 4.75. The number of thiophene rings is 1. The number of hydrogen-bond acceptors (Lipinski definition) is 4. The van der Waals surface area contributed by atoms with Crippen molar-refractivity contribution >= 4 is 34.7 Å². The van der Waals surface area contributed by atoms with E-state index in [1.165, 1.54) is 0 Å². The van der Waals surface area contributed by atoms with E-state index in [1.54, 1.807) is 28.4 Å². The van der Waals surface area contributed by atoms with Gasteiger partial charge in [0.1, 0.15) is 0 Å². The third-order valence-electron chi connectivity index (χ3n) is 6.40. The molecule has 0 bridgehead atoms. The predicted octanol–water partition coefficient (Wildman–Crippen LogP) is 4.36. The summed E-state index contributed by atoms with van der Waals surface area (Å²) in [6.07, 6.45) is 2.27. The van der Waals surface area contributed by atoms with E-state index in [1.807, 2.05) is 60.8 Å². The molecule has 2 atom stereocenters. The Morgan fingerprint density at radius 2 is 1.76 bits per heavy atom. The molecule has 34 heavy (non-hydrogen) atoms. The molecule has 2 N–H and O–H groups in total. The molecule has 1 aliphatic heterocycles. The summed E-state index contributed by atoms with van der Waals surface area (Å²) >= 11 is 1.56. The van der Waals surface area contributed by atoms with E-state index in [-0.39, 0.29) is 30.2 Å². The Kier molecular flexibility index (Phi) is 6.20. The topological polar surface area (TPSA) is 78.5 Å². The highest BCUT2D eigenvalue weighted by Crippen LogP contribution is 2.43. The first-order valence-corrected chi connectivity index (χ1v) is 12.5. The number of hydrogen-bond donors (Lipinski definition) is 2. The maximum atomic E-state index is 13.3. The summed E-state index contributed by atoms with van der Waals surface area (Å²) in [6.45, 7) is 2.35. The predicted molar refractivity (Wildman–Crippen MR) is 133 cm³/mol. The zero-order valence-corrected chi connectivity index (χ0v) is 19.8. The summed E-state index contributed by atoms with van der Waals surface area (Å²) in [4.78, 5) is 41.2. The van der Waals surface area contributed by atoms with Gasteiger partial charge in [0.05, 0.1) is 12.0 Å². The van der Waals surface area contributed by atoms with Crippen LogP contribution in [0.4, 0.5) is 5.69 Å². The Bertz CT molecular complexity index is 1180. The Morgan fingerprint density at radius 1 is 1.03 bits per heavy atom. The fraction of sp³-hybridized carbons (Fsp3) is 0.296. The number of amides is 3. The summed E-state index contributed by atoms with van der Waals surface area (Å²) in [5.41, 5.74) is 3.45. The normalized spacial score (nSPS) is 19.8. The SMILES string of the molecule is Cc1ccc(N2C(=O)CC(C(=O)NCc3ccc(C(=O)NC4CC4)cc3)C2c2cccs2)cc1. The second-order valence-corrected chi connectivity index (χ2v) is 10.0. The van der Waals surface area contributed by atoms with E-state index in [0.29, 0.717) is 18.2 Å². The molecule has 1 aromatic heterocycles. The molecular weight excluding hydrogens is 446 g/mol. The van der Waals surface area contributed by atoms with E-state index < -0.39 is 5.92 Å². The molecule has 2 heterocycles. The minimum absolute atomic E-state index is 0.0477. The summed E-state index contributed by atoms with van der Waals surface area (Å²) < 4.78 is 0. The smallest absolute Gasteiger partial charge is 0.251 e. The first-order chi connectivity index (χ1) is 16.5. The molecule has 0 spiro atoms. The number of carbonyl (C=O) groups excluding carboxylic acids is 3. The van der Waals surface area contributed by atoms with Gasteiger partial charge in [0.25, 0.3) is 5.91 Å². The van der Waals surface area contributed by atoms with Crippen molar-refractivity contribution in [3.05, 3.63) is 87.6 Å². The van der Waals surface area contributed by atoms with Crippen LogP contribution in [0.3, 0.4) is 0 Å². The second kappa shape index (κ2) is 9.43. The molecule has 1 saturated carbocycles. The number of anilines is 1. The molecule has 2 fully saturated rings. The monoisotopic (exact) mass is 473 g/mol. The highest BCUT2D eigenvalue weighted by Gasteiger charge is 2.45. The third-order valence-corrected chi connectivity index (χ3v) is 7.34. The van der Waals surface area contributed by atoms with Gasteiger partial charge in [-0.25, -0.2) is 0 Å². The molecule has 3 amide bonds. The van der Waals surface area contributed by atoms with Crippen molar-refractivity contribution < 1.29 is 14.4 Å². The van der Waals surface area contributed by atoms with Crippen LogP contribution >= 0.6 is 11.3 Å². The zero-order valence-electron chi connectivity index (χ0n) is 19.0. The van der Waals surface area contributed by atoms with Crippen LogP contribution in [0.1, 0.15) is 51.7 Å². The van der Waals surface area contributed by atoms with Crippen LogP contribution in [0, 0.1) is 12.8 Å². The summed E-state index contributed by atoms with van der Waals surface area (Å²) in [5, 5.41) is 7.96. The van der Waals surface area contributed by atoms with E-state index in [0.717, 1.165) is 34.5 Å². The van der Waals surface area contributed by atoms with Crippen LogP contribution in [0.2, 0.25) is 0 Å². The molecule has 7 heteroatoms. The highest BCUT2D eigenvalue weighted by atomic mass is 32.1. The molecule has 6 nitrogen and oxygen atoms in total. The fourth-order valence-electron chi connectivity index (χ4n) is 4.35. The van der Waals surface area contributed by atoms with E-state index >= 15 is 0 Å². The van der Waals surface area contributed by atoms with Gasteiger partial charge in [-0.2, -0.15) is 0 Å². The van der Waals surface area contributed by atoms with Gasteiger partial charge >= 0.3 is 0 Å². The molecule has 0 radical (unpaired) electrons. The van der Waals surface area contributed by atoms with Crippen molar-refractivity contribution in [1.29, 1.82) is 0 Å². The quantitative estimate of drug-likeness (QED) is 0.535. The Morgan fingerprint density at radius 3 is 2.41 bits per heavy atom. The van der Waals surface area contributed by atoms with Gasteiger partial charge in [-0.1, -0.05) is 35.9 Å². The Balaban J connectivity index is 1.29. The molecule has 5 rings (SSSR count). The lowest BCUT2D eigenvalue weighted by Crippen LogP contribution is -2.35. The highest BCUT2D eigenvalue weighted by molar-refractivity contribution is 7.10. The average molecular weight is 474 g/mol. The van der Waals surface area contributed by atoms with Gasteiger partial charge in [-0.15, -0.1) is 11.3 Å². The lowest BCUT2D eigenvalue weighted by atomic mass is 9.97. The molecule has 3 aromatic rings. The number of benzene rings is 2. The molecule has 2 aliphatic rings. The van der Waals surface area contributed by atoms with Gasteiger partial charge in [-0.05, 0) is 61.0 Å². The number of aryl methyl sites for hydroxylation is 1. The molecule has 1 saturated heterocycles. The summed E-state index contributed by atoms with van der Waals surface area (Å²) in [6, 6.07) is 19.1. The van der Waals surface area contributed by atoms with Gasteiger partial charge in [0, 0.05) is 35.1 Å². The average Bonchev–Trinajstić information content (AvgIpc) is 3.35. The largest absolute Gasteiger partial charge is 0.352 e. The number of nitrogens with zero attached hydrogens (tertiary/aromatic N) is 1. The lowest BCUT2D eigenvalue weighted by molar-refractivity contribution is -0.126. The van der Waals surface area contributed by atoms with Gasteiger partial charge in [-0.3, -0.25) is 14.4 Å². The molecule has 174 valence electrons. The van der Waals surface area contributed by atoms with Crippen LogP contribution in [0.25, 0.3) is 0 Å². The van der Waals surface area contributed by atoms with Crippen molar-refractivity contribution in [3.8, 4) is 0 Å². The maximum absolute atomic E-state index is 13.3. The van der Waals surface area contributed by atoms with Crippen molar-refractivity contribution in [2.45, 2.75) is 44.8 Å². The summed E-state index contributed by atoms with van der Waals surface area (Å²) in [5.74, 6) is -0.723. The fourth-order valence-corrected chi connectivity index (χ4v) is 5.24. The van der Waals surface area contributed by atoms with Gasteiger partial charge in [0.2, 0.25) is 11.8 Å². The van der Waals surface area contributed by atoms with Crippen molar-refractivity contribution in [3.63, 3.8) is 0 Å². The van der Waals surface area contributed by atoms with E-state index in [9.17, 15) is 14.4 Å². The van der Waals surface area contributed by atoms with Crippen LogP contribution in [-0.2, 0) is 16.1 Å². The van der Waals surface area contributed by atoms with Crippen LogP contribution in [-0.4, -0.2) is 23.8 Å². The Hall–Kier alpha value is -3.45. The van der Waals surface area contributed by atoms with Crippen LogP contribution in [0.5, 0.6) is 0 Å². The zero-order chi connectivity index (χ0) is 23.7. The van der Waals surface area contributed by atoms with Crippen LogP contribution < -0.4 is 15.5 Å². The number of carbonyl (C=O) groups is 3. The molecule has 1 aliphatic carbocycles. The minimum Gasteiger partial charge on any atom is -0.352 e.